The molecular formula is C15H21N. The molecule has 16 heavy (non-hydrogen) atoms. The maximum Gasteiger partial charge on any atom is 0.0473 e. The van der Waals surface area contributed by atoms with Crippen LogP contribution in [0.15, 0.2) is 36.4 Å². The van der Waals surface area contributed by atoms with Crippen molar-refractivity contribution in [2.75, 3.05) is 11.9 Å². The highest BCUT2D eigenvalue weighted by Crippen LogP contribution is 2.29. The Morgan fingerprint density at radius 2 is 2.19 bits per heavy atom. The predicted octanol–water partition coefficient (Wildman–Crippen LogP) is 3.79. The van der Waals surface area contributed by atoms with E-state index in [1.165, 1.54) is 36.9 Å². The Labute approximate surface area is 98.8 Å². The van der Waals surface area contributed by atoms with Gasteiger partial charge in [0.05, 0.1) is 0 Å². The fourth-order valence-electron chi connectivity index (χ4n) is 2.39. The molecule has 0 N–H and O–H groups in total. The van der Waals surface area contributed by atoms with Crippen molar-refractivity contribution in [1.29, 1.82) is 0 Å². The third-order valence-corrected chi connectivity index (χ3v) is 3.39. The van der Waals surface area contributed by atoms with Crippen molar-refractivity contribution in [3.05, 3.63) is 42.0 Å². The van der Waals surface area contributed by atoms with Crippen LogP contribution in [0.3, 0.4) is 0 Å². The summed E-state index contributed by atoms with van der Waals surface area (Å²) in [4.78, 5) is 2.41. The summed E-state index contributed by atoms with van der Waals surface area (Å²) in [6.07, 6.45) is 9.60. The number of nitrogens with zero attached hydrogens (tertiary/aromatic N) is 1. The van der Waals surface area contributed by atoms with E-state index >= 15 is 0 Å². The highest BCUT2D eigenvalue weighted by Gasteiger charge is 2.20. The van der Waals surface area contributed by atoms with Crippen LogP contribution < -0.4 is 4.90 Å². The number of likely N-dealkylation sites (N-methyl/N-ethyl adjacent to an activating group) is 1. The number of hydrogen-bond donors (Lipinski definition) is 0. The Hall–Kier alpha value is -1.24. The lowest BCUT2D eigenvalue weighted by molar-refractivity contribution is 0.642. The van der Waals surface area contributed by atoms with E-state index in [4.69, 9.17) is 0 Å². The van der Waals surface area contributed by atoms with E-state index in [0.29, 0.717) is 6.04 Å². The maximum atomic E-state index is 2.41. The molecule has 1 aliphatic rings. The second-order valence-electron chi connectivity index (χ2n) is 4.56. The van der Waals surface area contributed by atoms with Crippen LogP contribution >= 0.6 is 0 Å². The first kappa shape index (κ1) is 11.3. The molecule has 0 aliphatic carbocycles. The molecule has 0 spiro atoms. The molecule has 2 rings (SSSR count). The van der Waals surface area contributed by atoms with Crippen LogP contribution in [0.5, 0.6) is 0 Å². The van der Waals surface area contributed by atoms with Gasteiger partial charge >= 0.3 is 0 Å². The summed E-state index contributed by atoms with van der Waals surface area (Å²) in [6.45, 7) is 2.23. The van der Waals surface area contributed by atoms with E-state index in [2.05, 4.69) is 55.3 Å². The number of hydrogen-bond acceptors (Lipinski definition) is 1. The molecule has 0 saturated heterocycles. The Bertz CT molecular complexity index is 367. The lowest BCUT2D eigenvalue weighted by atomic mass is 9.96. The number of fused-ring (bicyclic) bond motifs is 1. The zero-order valence-electron chi connectivity index (χ0n) is 10.3. The van der Waals surface area contributed by atoms with Crippen LogP contribution in [-0.2, 0) is 6.42 Å². The molecule has 1 heterocycles. The van der Waals surface area contributed by atoms with Crippen molar-refractivity contribution in [2.24, 2.45) is 0 Å². The van der Waals surface area contributed by atoms with Gasteiger partial charge in [-0.1, -0.05) is 43.7 Å². The van der Waals surface area contributed by atoms with Crippen LogP contribution in [0.2, 0.25) is 0 Å². The summed E-state index contributed by atoms with van der Waals surface area (Å²) in [7, 11) is 2.21. The quantitative estimate of drug-likeness (QED) is 0.693. The minimum absolute atomic E-state index is 0.585. The van der Waals surface area contributed by atoms with Crippen LogP contribution in [0, 0.1) is 0 Å². The van der Waals surface area contributed by atoms with Gasteiger partial charge < -0.3 is 4.90 Å². The van der Waals surface area contributed by atoms with E-state index in [1.54, 1.807) is 0 Å². The van der Waals surface area contributed by atoms with Gasteiger partial charge in [0.1, 0.15) is 0 Å². The lowest BCUT2D eigenvalue weighted by Crippen LogP contribution is -2.34. The molecule has 0 radical (unpaired) electrons. The summed E-state index contributed by atoms with van der Waals surface area (Å²) < 4.78 is 0. The highest BCUT2D eigenvalue weighted by atomic mass is 15.1. The van der Waals surface area contributed by atoms with Gasteiger partial charge in [-0.2, -0.15) is 0 Å². The molecule has 1 heteroatoms. The lowest BCUT2D eigenvalue weighted by Gasteiger charge is -2.34. The van der Waals surface area contributed by atoms with E-state index in [1.807, 2.05) is 0 Å². The molecular weight excluding hydrogens is 194 g/mol. The smallest absolute Gasteiger partial charge is 0.0473 e. The van der Waals surface area contributed by atoms with Crippen molar-refractivity contribution in [3.8, 4) is 0 Å². The van der Waals surface area contributed by atoms with Gasteiger partial charge in [0, 0.05) is 18.8 Å². The third-order valence-electron chi connectivity index (χ3n) is 3.39. The summed E-state index contributed by atoms with van der Waals surface area (Å²) in [6, 6.07) is 9.34. The number of rotatable bonds is 3. The summed E-state index contributed by atoms with van der Waals surface area (Å²) in [5.41, 5.74) is 2.89. The molecule has 86 valence electrons. The molecule has 1 nitrogen and oxygen atoms in total. The first-order valence-electron chi connectivity index (χ1n) is 6.30. The SMILES string of the molecule is CCC/C=C/[C@@H]1CCc2ccccc2N1C. The molecule has 0 fully saturated rings. The molecule has 0 aromatic heterocycles. The summed E-state index contributed by atoms with van der Waals surface area (Å²) >= 11 is 0. The normalized spacial score (nSPS) is 20.1. The Morgan fingerprint density at radius 3 is 3.00 bits per heavy atom. The molecule has 0 bridgehead atoms. The molecule has 1 atom stereocenters. The monoisotopic (exact) mass is 215 g/mol. The Balaban J connectivity index is 2.12. The van der Waals surface area contributed by atoms with Crippen molar-refractivity contribution < 1.29 is 0 Å². The third kappa shape index (κ3) is 2.29. The first-order valence-corrected chi connectivity index (χ1v) is 6.30. The summed E-state index contributed by atoms with van der Waals surface area (Å²) in [5.74, 6) is 0. The number of unbranched alkanes of at least 4 members (excludes halogenated alkanes) is 1. The molecule has 1 aromatic rings. The predicted molar refractivity (Wildman–Crippen MR) is 71.0 cm³/mol. The van der Waals surface area contributed by atoms with Gasteiger partial charge in [-0.3, -0.25) is 0 Å². The van der Waals surface area contributed by atoms with Gasteiger partial charge in [0.25, 0.3) is 0 Å². The molecule has 0 amide bonds. The fraction of sp³-hybridized carbons (Fsp3) is 0.467. The topological polar surface area (TPSA) is 3.24 Å². The molecule has 0 unspecified atom stereocenters. The van der Waals surface area contributed by atoms with Crippen molar-refractivity contribution in [1.82, 2.24) is 0 Å². The van der Waals surface area contributed by atoms with Gasteiger partial charge in [0.2, 0.25) is 0 Å². The van der Waals surface area contributed by atoms with Gasteiger partial charge in [-0.05, 0) is 30.9 Å². The minimum Gasteiger partial charge on any atom is -0.368 e. The van der Waals surface area contributed by atoms with E-state index in [9.17, 15) is 0 Å². The summed E-state index contributed by atoms with van der Waals surface area (Å²) in [5, 5.41) is 0. The maximum absolute atomic E-state index is 2.41. The van der Waals surface area contributed by atoms with Gasteiger partial charge in [0.15, 0.2) is 0 Å². The highest BCUT2D eigenvalue weighted by molar-refractivity contribution is 5.56. The fourth-order valence-corrected chi connectivity index (χ4v) is 2.39. The Morgan fingerprint density at radius 1 is 1.38 bits per heavy atom. The zero-order chi connectivity index (χ0) is 11.4. The first-order chi connectivity index (χ1) is 7.83. The number of aryl methyl sites for hydroxylation is 1. The number of benzene rings is 1. The average molecular weight is 215 g/mol. The number of para-hydroxylation sites is 1. The molecule has 0 saturated carbocycles. The zero-order valence-corrected chi connectivity index (χ0v) is 10.3. The average Bonchev–Trinajstić information content (AvgIpc) is 2.33. The number of anilines is 1. The van der Waals surface area contributed by atoms with Crippen LogP contribution in [-0.4, -0.2) is 13.1 Å². The van der Waals surface area contributed by atoms with Crippen molar-refractivity contribution in [3.63, 3.8) is 0 Å². The largest absolute Gasteiger partial charge is 0.368 e. The van der Waals surface area contributed by atoms with Crippen LogP contribution in [0.1, 0.15) is 31.7 Å². The van der Waals surface area contributed by atoms with Gasteiger partial charge in [-0.25, -0.2) is 0 Å². The van der Waals surface area contributed by atoms with Crippen LogP contribution in [0.25, 0.3) is 0 Å². The van der Waals surface area contributed by atoms with Crippen molar-refractivity contribution in [2.45, 2.75) is 38.6 Å². The van der Waals surface area contributed by atoms with E-state index in [0.717, 1.165) is 0 Å². The van der Waals surface area contributed by atoms with E-state index < -0.39 is 0 Å². The van der Waals surface area contributed by atoms with Crippen LogP contribution in [0.4, 0.5) is 5.69 Å². The standard InChI is InChI=1S/C15H21N/c1-3-4-5-9-14-12-11-13-8-6-7-10-15(13)16(14)2/h5-10,14H,3-4,11-12H2,1-2H3/b9-5+/t14-/m1/s1. The molecule has 1 aliphatic heterocycles. The van der Waals surface area contributed by atoms with E-state index in [-0.39, 0.29) is 0 Å². The minimum atomic E-state index is 0.585. The van der Waals surface area contributed by atoms with Gasteiger partial charge in [-0.15, -0.1) is 0 Å². The second-order valence-corrected chi connectivity index (χ2v) is 4.56. The molecule has 1 aromatic carbocycles. The Kier molecular flexibility index (Phi) is 3.66. The number of allylic oxidation sites excluding steroid dienone is 1. The second kappa shape index (κ2) is 5.20. The van der Waals surface area contributed by atoms with Crippen molar-refractivity contribution >= 4 is 5.69 Å².